The van der Waals surface area contributed by atoms with E-state index in [1.807, 2.05) is 12.1 Å². The molecule has 0 spiro atoms. The van der Waals surface area contributed by atoms with Gasteiger partial charge in [-0.05, 0) is 43.9 Å². The van der Waals surface area contributed by atoms with Crippen LogP contribution in [0.15, 0.2) is 41.5 Å². The SMILES string of the molecule is O=c1ccc(-c2cccnc2)nn1C1CCC(NC2COC2)CC1. The second kappa shape index (κ2) is 6.83. The molecule has 24 heavy (non-hydrogen) atoms. The Kier molecular flexibility index (Phi) is 4.40. The van der Waals surface area contributed by atoms with Gasteiger partial charge < -0.3 is 10.1 Å². The van der Waals surface area contributed by atoms with E-state index in [1.54, 1.807) is 29.2 Å². The molecule has 2 aromatic rings. The Morgan fingerprint density at radius 3 is 2.58 bits per heavy atom. The number of ether oxygens (including phenoxy) is 1. The van der Waals surface area contributed by atoms with Crippen molar-refractivity contribution in [3.05, 3.63) is 47.0 Å². The number of aromatic nitrogens is 3. The summed E-state index contributed by atoms with van der Waals surface area (Å²) >= 11 is 0. The standard InChI is InChI=1S/C18H22N4O2/c23-18-8-7-17(13-2-1-9-19-10-13)21-22(18)16-5-3-14(4-6-16)20-15-11-24-12-15/h1-2,7-10,14-16,20H,3-6,11-12H2. The zero-order chi connectivity index (χ0) is 16.4. The first-order valence-corrected chi connectivity index (χ1v) is 8.63. The molecule has 0 amide bonds. The molecule has 1 saturated carbocycles. The molecule has 0 atom stereocenters. The quantitative estimate of drug-likeness (QED) is 0.927. The van der Waals surface area contributed by atoms with Crippen LogP contribution in [0.5, 0.6) is 0 Å². The second-order valence-corrected chi connectivity index (χ2v) is 6.65. The molecule has 1 N–H and O–H groups in total. The molecule has 1 aliphatic heterocycles. The fourth-order valence-electron chi connectivity index (χ4n) is 3.51. The Hall–Kier alpha value is -2.05. The van der Waals surface area contributed by atoms with E-state index < -0.39 is 0 Å². The summed E-state index contributed by atoms with van der Waals surface area (Å²) in [4.78, 5) is 16.4. The first-order chi connectivity index (χ1) is 11.8. The zero-order valence-electron chi connectivity index (χ0n) is 13.6. The van der Waals surface area contributed by atoms with Crippen LogP contribution in [0.3, 0.4) is 0 Å². The van der Waals surface area contributed by atoms with Crippen LogP contribution in [-0.2, 0) is 4.74 Å². The molecule has 4 rings (SSSR count). The van der Waals surface area contributed by atoms with Crippen LogP contribution < -0.4 is 10.9 Å². The maximum Gasteiger partial charge on any atom is 0.267 e. The average molecular weight is 326 g/mol. The lowest BCUT2D eigenvalue weighted by atomic mass is 9.90. The summed E-state index contributed by atoms with van der Waals surface area (Å²) in [6.45, 7) is 1.65. The molecule has 3 heterocycles. The van der Waals surface area contributed by atoms with E-state index in [2.05, 4.69) is 15.4 Å². The smallest absolute Gasteiger partial charge is 0.267 e. The highest BCUT2D eigenvalue weighted by Crippen LogP contribution is 2.28. The minimum atomic E-state index is -0.0218. The van der Waals surface area contributed by atoms with Crippen molar-refractivity contribution in [2.45, 2.75) is 43.8 Å². The number of rotatable bonds is 4. The molecule has 2 aliphatic rings. The second-order valence-electron chi connectivity index (χ2n) is 6.65. The maximum atomic E-state index is 12.3. The first-order valence-electron chi connectivity index (χ1n) is 8.63. The molecule has 1 saturated heterocycles. The van der Waals surface area contributed by atoms with Gasteiger partial charge >= 0.3 is 0 Å². The number of pyridine rings is 1. The van der Waals surface area contributed by atoms with Crippen LogP contribution in [0.2, 0.25) is 0 Å². The minimum absolute atomic E-state index is 0.0218. The van der Waals surface area contributed by atoms with Gasteiger partial charge in [-0.25, -0.2) is 4.68 Å². The molecular weight excluding hydrogens is 304 g/mol. The molecule has 2 fully saturated rings. The van der Waals surface area contributed by atoms with Crippen LogP contribution in [0.1, 0.15) is 31.7 Å². The van der Waals surface area contributed by atoms with E-state index >= 15 is 0 Å². The van der Waals surface area contributed by atoms with Gasteiger partial charge in [-0.15, -0.1) is 0 Å². The van der Waals surface area contributed by atoms with Crippen molar-refractivity contribution in [3.63, 3.8) is 0 Å². The third-order valence-corrected chi connectivity index (χ3v) is 4.93. The first kappa shape index (κ1) is 15.5. The Morgan fingerprint density at radius 2 is 1.92 bits per heavy atom. The van der Waals surface area contributed by atoms with Gasteiger partial charge in [-0.3, -0.25) is 9.78 Å². The fraction of sp³-hybridized carbons (Fsp3) is 0.500. The van der Waals surface area contributed by atoms with E-state index in [9.17, 15) is 4.79 Å². The third-order valence-electron chi connectivity index (χ3n) is 4.93. The van der Waals surface area contributed by atoms with Crippen LogP contribution in [-0.4, -0.2) is 40.1 Å². The van der Waals surface area contributed by atoms with Gasteiger partial charge in [-0.1, -0.05) is 0 Å². The van der Waals surface area contributed by atoms with Gasteiger partial charge in [0.15, 0.2) is 0 Å². The molecule has 126 valence electrons. The molecule has 2 aromatic heterocycles. The van der Waals surface area contributed by atoms with Crippen molar-refractivity contribution in [2.75, 3.05) is 13.2 Å². The van der Waals surface area contributed by atoms with Crippen molar-refractivity contribution in [1.29, 1.82) is 0 Å². The number of hydrogen-bond acceptors (Lipinski definition) is 5. The highest BCUT2D eigenvalue weighted by atomic mass is 16.5. The Bertz CT molecular complexity index is 734. The summed E-state index contributed by atoms with van der Waals surface area (Å²) in [5.74, 6) is 0. The molecule has 0 bridgehead atoms. The van der Waals surface area contributed by atoms with E-state index in [4.69, 9.17) is 4.74 Å². The van der Waals surface area contributed by atoms with Crippen LogP contribution in [0.4, 0.5) is 0 Å². The summed E-state index contributed by atoms with van der Waals surface area (Å²) < 4.78 is 6.89. The fourth-order valence-corrected chi connectivity index (χ4v) is 3.51. The molecule has 1 aliphatic carbocycles. The normalized spacial score (nSPS) is 24.5. The van der Waals surface area contributed by atoms with E-state index in [0.717, 1.165) is 50.2 Å². The maximum absolute atomic E-state index is 12.3. The largest absolute Gasteiger partial charge is 0.378 e. The van der Waals surface area contributed by atoms with Crippen molar-refractivity contribution >= 4 is 0 Å². The molecule has 0 unspecified atom stereocenters. The highest BCUT2D eigenvalue weighted by molar-refractivity contribution is 5.56. The predicted octanol–water partition coefficient (Wildman–Crippen LogP) is 1.78. The topological polar surface area (TPSA) is 69.0 Å². The Morgan fingerprint density at radius 1 is 1.08 bits per heavy atom. The summed E-state index contributed by atoms with van der Waals surface area (Å²) in [5.41, 5.74) is 1.72. The van der Waals surface area contributed by atoms with E-state index in [1.165, 1.54) is 0 Å². The van der Waals surface area contributed by atoms with Gasteiger partial charge in [0.25, 0.3) is 5.56 Å². The van der Waals surface area contributed by atoms with Gasteiger partial charge in [0.2, 0.25) is 0 Å². The van der Waals surface area contributed by atoms with Gasteiger partial charge in [0.1, 0.15) is 0 Å². The summed E-state index contributed by atoms with van der Waals surface area (Å²) in [7, 11) is 0. The highest BCUT2D eigenvalue weighted by Gasteiger charge is 2.27. The molecule has 0 radical (unpaired) electrons. The summed E-state index contributed by atoms with van der Waals surface area (Å²) in [6.07, 6.45) is 7.63. The van der Waals surface area contributed by atoms with Crippen molar-refractivity contribution in [3.8, 4) is 11.3 Å². The van der Waals surface area contributed by atoms with Crippen molar-refractivity contribution in [2.24, 2.45) is 0 Å². The van der Waals surface area contributed by atoms with Gasteiger partial charge in [0, 0.05) is 30.1 Å². The van der Waals surface area contributed by atoms with Crippen LogP contribution >= 0.6 is 0 Å². The lowest BCUT2D eigenvalue weighted by Crippen LogP contribution is -2.51. The van der Waals surface area contributed by atoms with E-state index in [-0.39, 0.29) is 11.6 Å². The van der Waals surface area contributed by atoms with Gasteiger partial charge in [0.05, 0.1) is 31.0 Å². The number of hydrogen-bond donors (Lipinski definition) is 1. The van der Waals surface area contributed by atoms with Gasteiger partial charge in [-0.2, -0.15) is 5.10 Å². The lowest BCUT2D eigenvalue weighted by Gasteiger charge is -2.35. The Balaban J connectivity index is 1.47. The Labute approximate surface area is 140 Å². The summed E-state index contributed by atoms with van der Waals surface area (Å²) in [6, 6.07) is 8.47. The molecule has 6 nitrogen and oxygen atoms in total. The minimum Gasteiger partial charge on any atom is -0.378 e. The lowest BCUT2D eigenvalue weighted by molar-refractivity contribution is -0.0126. The summed E-state index contributed by atoms with van der Waals surface area (Å²) in [5, 5.41) is 8.24. The zero-order valence-corrected chi connectivity index (χ0v) is 13.6. The molecule has 6 heteroatoms. The average Bonchev–Trinajstić information content (AvgIpc) is 2.60. The third kappa shape index (κ3) is 3.25. The monoisotopic (exact) mass is 326 g/mol. The molecular formula is C18H22N4O2. The van der Waals surface area contributed by atoms with Crippen LogP contribution in [0, 0.1) is 0 Å². The predicted molar refractivity (Wildman–Crippen MR) is 90.8 cm³/mol. The van der Waals surface area contributed by atoms with Crippen molar-refractivity contribution < 1.29 is 4.74 Å². The van der Waals surface area contributed by atoms with E-state index in [0.29, 0.717) is 12.1 Å². The van der Waals surface area contributed by atoms with Crippen LogP contribution in [0.25, 0.3) is 11.3 Å². The number of nitrogens with one attached hydrogen (secondary N) is 1. The molecule has 0 aromatic carbocycles. The van der Waals surface area contributed by atoms with Crippen molar-refractivity contribution in [1.82, 2.24) is 20.1 Å². The number of nitrogens with zero attached hydrogens (tertiary/aromatic N) is 3.